The lowest BCUT2D eigenvalue weighted by atomic mass is 9.69. The van der Waals surface area contributed by atoms with Crippen molar-refractivity contribution in [2.45, 2.75) is 39.0 Å². The van der Waals surface area contributed by atoms with Crippen LogP contribution in [0.2, 0.25) is 0 Å². The van der Waals surface area contributed by atoms with Crippen molar-refractivity contribution < 1.29 is 9.59 Å². The fraction of sp³-hybridized carbons (Fsp3) is 0.318. The highest BCUT2D eigenvalue weighted by molar-refractivity contribution is 6.07. The van der Waals surface area contributed by atoms with Crippen LogP contribution >= 0.6 is 0 Å². The molecule has 0 bridgehead atoms. The second-order valence-electron chi connectivity index (χ2n) is 7.91. The van der Waals surface area contributed by atoms with Gasteiger partial charge in [-0.15, -0.1) is 0 Å². The van der Waals surface area contributed by atoms with Crippen LogP contribution in [-0.2, 0) is 9.59 Å². The van der Waals surface area contributed by atoms with E-state index in [-0.39, 0.29) is 23.0 Å². The number of hydrogen-bond donors (Lipinski definition) is 0. The van der Waals surface area contributed by atoms with Gasteiger partial charge in [0, 0.05) is 48.1 Å². The molecule has 0 N–H and O–H groups in total. The van der Waals surface area contributed by atoms with Crippen LogP contribution in [0.1, 0.15) is 44.6 Å². The smallest absolute Gasteiger partial charge is 0.232 e. The van der Waals surface area contributed by atoms with Gasteiger partial charge in [-0.05, 0) is 35.6 Å². The molecule has 1 aliphatic heterocycles. The molecule has 1 aromatic carbocycles. The summed E-state index contributed by atoms with van der Waals surface area (Å²) in [4.78, 5) is 32.2. The first-order chi connectivity index (χ1) is 12.5. The number of aromatic nitrogens is 1. The van der Waals surface area contributed by atoms with Crippen LogP contribution in [0.25, 0.3) is 0 Å². The minimum absolute atomic E-state index is 0.0364. The molecule has 1 amide bonds. The number of rotatable bonds is 2. The molecule has 1 unspecified atom stereocenters. The van der Waals surface area contributed by atoms with Crippen molar-refractivity contribution in [3.8, 4) is 0 Å². The van der Waals surface area contributed by atoms with Crippen LogP contribution in [-0.4, -0.2) is 16.7 Å². The fourth-order valence-electron chi connectivity index (χ4n) is 4.16. The third-order valence-electron chi connectivity index (χ3n) is 5.24. The summed E-state index contributed by atoms with van der Waals surface area (Å²) in [6.07, 6.45) is 5.01. The van der Waals surface area contributed by atoms with Gasteiger partial charge in [0.1, 0.15) is 0 Å². The second-order valence-corrected chi connectivity index (χ2v) is 7.91. The molecule has 0 radical (unpaired) electrons. The van der Waals surface area contributed by atoms with Crippen molar-refractivity contribution in [3.05, 3.63) is 71.7 Å². The molecule has 0 fully saturated rings. The zero-order chi connectivity index (χ0) is 18.3. The van der Waals surface area contributed by atoms with Gasteiger partial charge in [0.2, 0.25) is 5.91 Å². The number of allylic oxidation sites excluding steroid dienone is 2. The van der Waals surface area contributed by atoms with Crippen molar-refractivity contribution in [1.82, 2.24) is 4.98 Å². The average Bonchev–Trinajstić information content (AvgIpc) is 2.61. The number of anilines is 1. The number of carbonyl (C=O) groups excluding carboxylic acids is 2. The van der Waals surface area contributed by atoms with Gasteiger partial charge in [0.05, 0.1) is 0 Å². The maximum atomic E-state index is 13.1. The third kappa shape index (κ3) is 2.85. The van der Waals surface area contributed by atoms with Crippen LogP contribution in [0.5, 0.6) is 0 Å². The molecule has 1 aromatic heterocycles. The van der Waals surface area contributed by atoms with E-state index in [1.165, 1.54) is 0 Å². The predicted molar refractivity (Wildman–Crippen MR) is 101 cm³/mol. The van der Waals surface area contributed by atoms with Gasteiger partial charge in [0.15, 0.2) is 5.78 Å². The summed E-state index contributed by atoms with van der Waals surface area (Å²) in [5.41, 5.74) is 3.28. The summed E-state index contributed by atoms with van der Waals surface area (Å²) in [6, 6.07) is 13.5. The number of benzene rings is 1. The molecule has 2 heterocycles. The van der Waals surface area contributed by atoms with Crippen molar-refractivity contribution in [2.75, 3.05) is 4.90 Å². The number of pyridine rings is 1. The second kappa shape index (κ2) is 6.20. The van der Waals surface area contributed by atoms with E-state index in [9.17, 15) is 9.59 Å². The normalized spacial score (nSPS) is 22.4. The van der Waals surface area contributed by atoms with Gasteiger partial charge in [-0.1, -0.05) is 38.1 Å². The summed E-state index contributed by atoms with van der Waals surface area (Å²) in [6.45, 7) is 4.19. The molecular formula is C22H22N2O2. The van der Waals surface area contributed by atoms with Gasteiger partial charge < -0.3 is 0 Å². The Bertz CT molecular complexity index is 885. The van der Waals surface area contributed by atoms with E-state index < -0.39 is 0 Å². The van der Waals surface area contributed by atoms with Gasteiger partial charge in [0.25, 0.3) is 0 Å². The molecular weight excluding hydrogens is 324 g/mol. The SMILES string of the molecule is CC1(C)CC(=O)C2=C(C1)N(c1ccccc1)C(=O)CC2c1cccnc1. The summed E-state index contributed by atoms with van der Waals surface area (Å²) in [7, 11) is 0. The maximum absolute atomic E-state index is 13.1. The highest BCUT2D eigenvalue weighted by Crippen LogP contribution is 2.47. The molecule has 0 saturated carbocycles. The number of amides is 1. The molecule has 2 aromatic rings. The molecule has 26 heavy (non-hydrogen) atoms. The molecule has 4 rings (SSSR count). The minimum atomic E-state index is -0.199. The molecule has 0 spiro atoms. The number of ketones is 1. The summed E-state index contributed by atoms with van der Waals surface area (Å²) in [5, 5.41) is 0. The Morgan fingerprint density at radius 2 is 1.81 bits per heavy atom. The standard InChI is InChI=1S/C22H22N2O2/c1-22(2)12-18-21(19(25)13-22)17(15-7-6-10-23-14-15)11-20(26)24(18)16-8-4-3-5-9-16/h3-10,14,17H,11-13H2,1-2H3. The van der Waals surface area contributed by atoms with Gasteiger partial charge in [-0.2, -0.15) is 0 Å². The number of carbonyl (C=O) groups is 2. The van der Waals surface area contributed by atoms with Gasteiger partial charge >= 0.3 is 0 Å². The van der Waals surface area contributed by atoms with Crippen LogP contribution < -0.4 is 4.90 Å². The number of hydrogen-bond acceptors (Lipinski definition) is 3. The Kier molecular flexibility index (Phi) is 3.98. The highest BCUT2D eigenvalue weighted by Gasteiger charge is 2.44. The quantitative estimate of drug-likeness (QED) is 0.817. The van der Waals surface area contributed by atoms with E-state index in [4.69, 9.17) is 0 Å². The molecule has 1 atom stereocenters. The van der Waals surface area contributed by atoms with E-state index in [1.807, 2.05) is 42.5 Å². The Morgan fingerprint density at radius 3 is 2.50 bits per heavy atom. The van der Waals surface area contributed by atoms with E-state index in [1.54, 1.807) is 17.3 Å². The summed E-state index contributed by atoms with van der Waals surface area (Å²) < 4.78 is 0. The van der Waals surface area contributed by atoms with Crippen molar-refractivity contribution in [2.24, 2.45) is 5.41 Å². The van der Waals surface area contributed by atoms with Crippen LogP contribution in [0.4, 0.5) is 5.69 Å². The maximum Gasteiger partial charge on any atom is 0.232 e. The minimum Gasteiger partial charge on any atom is -0.294 e. The molecule has 4 heteroatoms. The molecule has 132 valence electrons. The molecule has 4 nitrogen and oxygen atoms in total. The van der Waals surface area contributed by atoms with E-state index in [0.29, 0.717) is 19.3 Å². The number of Topliss-reactive ketones (excluding diaryl/α,β-unsaturated/α-hetero) is 1. The Hall–Kier alpha value is -2.75. The Balaban J connectivity index is 1.90. The largest absolute Gasteiger partial charge is 0.294 e. The monoisotopic (exact) mass is 346 g/mol. The van der Waals surface area contributed by atoms with E-state index in [2.05, 4.69) is 18.8 Å². The molecule has 0 saturated heterocycles. The predicted octanol–water partition coefficient (Wildman–Crippen LogP) is 4.25. The van der Waals surface area contributed by atoms with Crippen molar-refractivity contribution in [1.29, 1.82) is 0 Å². The lowest BCUT2D eigenvalue weighted by molar-refractivity contribution is -0.121. The number of para-hydroxylation sites is 1. The summed E-state index contributed by atoms with van der Waals surface area (Å²) in [5.74, 6) is -0.0115. The van der Waals surface area contributed by atoms with Gasteiger partial charge in [-0.25, -0.2) is 0 Å². The van der Waals surface area contributed by atoms with Crippen LogP contribution in [0.15, 0.2) is 66.1 Å². The molecule has 2 aliphatic rings. The topological polar surface area (TPSA) is 50.3 Å². The Morgan fingerprint density at radius 1 is 1.04 bits per heavy atom. The van der Waals surface area contributed by atoms with Crippen molar-refractivity contribution >= 4 is 17.4 Å². The molecule has 1 aliphatic carbocycles. The third-order valence-corrected chi connectivity index (χ3v) is 5.24. The zero-order valence-electron chi connectivity index (χ0n) is 15.1. The first-order valence-electron chi connectivity index (χ1n) is 9.00. The van der Waals surface area contributed by atoms with Crippen LogP contribution in [0.3, 0.4) is 0 Å². The average molecular weight is 346 g/mol. The first-order valence-corrected chi connectivity index (χ1v) is 9.00. The summed E-state index contributed by atoms with van der Waals surface area (Å²) >= 11 is 0. The van der Waals surface area contributed by atoms with Gasteiger partial charge in [-0.3, -0.25) is 19.5 Å². The van der Waals surface area contributed by atoms with Crippen molar-refractivity contribution in [3.63, 3.8) is 0 Å². The fourth-order valence-corrected chi connectivity index (χ4v) is 4.16. The lowest BCUT2D eigenvalue weighted by Crippen LogP contribution is -2.43. The highest BCUT2D eigenvalue weighted by atomic mass is 16.2. The zero-order valence-corrected chi connectivity index (χ0v) is 15.1. The van der Waals surface area contributed by atoms with E-state index in [0.717, 1.165) is 22.5 Å². The Labute approximate surface area is 153 Å². The van der Waals surface area contributed by atoms with Crippen LogP contribution in [0, 0.1) is 5.41 Å². The number of nitrogens with zero attached hydrogens (tertiary/aromatic N) is 2. The lowest BCUT2D eigenvalue weighted by Gasteiger charge is -2.42. The first kappa shape index (κ1) is 16.7. The van der Waals surface area contributed by atoms with E-state index >= 15 is 0 Å².